The van der Waals surface area contributed by atoms with E-state index in [1.54, 1.807) is 18.4 Å². The largest absolute Gasteiger partial charge is 0.507 e. The summed E-state index contributed by atoms with van der Waals surface area (Å²) in [5.74, 6) is 1.75. The minimum Gasteiger partial charge on any atom is -0.507 e. The Hall–Kier alpha value is -3.08. The number of hydrogen-bond acceptors (Lipinski definition) is 4. The predicted molar refractivity (Wildman–Crippen MR) is 78.7 cm³/mol. The van der Waals surface area contributed by atoms with Crippen molar-refractivity contribution < 1.29 is 9.52 Å². The van der Waals surface area contributed by atoms with Crippen LogP contribution in [0.4, 0.5) is 0 Å². The molecule has 0 saturated carbocycles. The van der Waals surface area contributed by atoms with E-state index >= 15 is 0 Å². The van der Waals surface area contributed by atoms with Crippen molar-refractivity contribution in [1.82, 2.24) is 15.2 Å². The third-order valence-corrected chi connectivity index (χ3v) is 3.38. The van der Waals surface area contributed by atoms with E-state index in [1.165, 1.54) is 0 Å². The second kappa shape index (κ2) is 4.49. The van der Waals surface area contributed by atoms with Gasteiger partial charge in [0, 0.05) is 5.39 Å². The topological polar surface area (TPSA) is 74.9 Å². The van der Waals surface area contributed by atoms with E-state index < -0.39 is 0 Å². The monoisotopic (exact) mass is 277 g/mol. The molecule has 0 saturated heterocycles. The molecule has 0 fully saturated rings. The third kappa shape index (κ3) is 1.87. The Kier molecular flexibility index (Phi) is 2.50. The Morgan fingerprint density at radius 1 is 1.00 bits per heavy atom. The highest BCUT2D eigenvalue weighted by Gasteiger charge is 2.14. The molecule has 21 heavy (non-hydrogen) atoms. The van der Waals surface area contributed by atoms with Crippen LogP contribution in [-0.2, 0) is 0 Å². The average molecular weight is 277 g/mol. The zero-order valence-electron chi connectivity index (χ0n) is 10.9. The van der Waals surface area contributed by atoms with Gasteiger partial charge in [0.2, 0.25) is 0 Å². The number of aromatic nitrogens is 3. The van der Waals surface area contributed by atoms with Crippen molar-refractivity contribution >= 4 is 10.8 Å². The molecule has 2 aromatic carbocycles. The normalized spacial score (nSPS) is 11.0. The summed E-state index contributed by atoms with van der Waals surface area (Å²) in [5, 5.41) is 19.1. The molecular weight excluding hydrogens is 266 g/mol. The van der Waals surface area contributed by atoms with Gasteiger partial charge in [0.25, 0.3) is 0 Å². The summed E-state index contributed by atoms with van der Waals surface area (Å²) in [6.45, 7) is 0. The van der Waals surface area contributed by atoms with Crippen molar-refractivity contribution in [2.24, 2.45) is 0 Å². The number of nitrogens with zero attached hydrogens (tertiary/aromatic N) is 2. The molecule has 0 aliphatic heterocycles. The molecule has 2 aromatic heterocycles. The predicted octanol–water partition coefficient (Wildman–Crippen LogP) is 3.59. The SMILES string of the molecule is Oc1c(-c2n[nH]c(-c3ccco3)n2)ccc2ccccc12. The van der Waals surface area contributed by atoms with Crippen LogP contribution in [0.3, 0.4) is 0 Å². The fourth-order valence-corrected chi connectivity index (χ4v) is 2.34. The van der Waals surface area contributed by atoms with Crippen LogP contribution in [-0.4, -0.2) is 20.3 Å². The summed E-state index contributed by atoms with van der Waals surface area (Å²) in [4.78, 5) is 4.37. The van der Waals surface area contributed by atoms with E-state index in [9.17, 15) is 5.11 Å². The Balaban J connectivity index is 1.85. The van der Waals surface area contributed by atoms with Crippen LogP contribution in [0.2, 0.25) is 0 Å². The lowest BCUT2D eigenvalue weighted by Gasteiger charge is -2.04. The summed E-state index contributed by atoms with van der Waals surface area (Å²) in [7, 11) is 0. The zero-order chi connectivity index (χ0) is 14.2. The molecule has 0 unspecified atom stereocenters. The molecule has 2 heterocycles. The van der Waals surface area contributed by atoms with Crippen molar-refractivity contribution in [3.63, 3.8) is 0 Å². The molecule has 4 aromatic rings. The van der Waals surface area contributed by atoms with Crippen molar-refractivity contribution in [3.8, 4) is 28.7 Å². The molecule has 102 valence electrons. The Bertz CT molecular complexity index is 910. The fraction of sp³-hybridized carbons (Fsp3) is 0. The van der Waals surface area contributed by atoms with Gasteiger partial charge in [-0.25, -0.2) is 4.98 Å². The summed E-state index contributed by atoms with van der Waals surface area (Å²) in [6.07, 6.45) is 1.57. The van der Waals surface area contributed by atoms with Gasteiger partial charge in [0.1, 0.15) is 5.75 Å². The maximum Gasteiger partial charge on any atom is 0.192 e. The summed E-state index contributed by atoms with van der Waals surface area (Å²) in [5.41, 5.74) is 0.586. The number of fused-ring (bicyclic) bond motifs is 1. The van der Waals surface area contributed by atoms with Gasteiger partial charge in [-0.3, -0.25) is 5.10 Å². The highest BCUT2D eigenvalue weighted by Crippen LogP contribution is 2.34. The first-order chi connectivity index (χ1) is 10.3. The molecule has 2 N–H and O–H groups in total. The van der Waals surface area contributed by atoms with E-state index in [0.29, 0.717) is 23.0 Å². The van der Waals surface area contributed by atoms with Crippen LogP contribution in [0.1, 0.15) is 0 Å². The molecule has 0 aliphatic rings. The minimum atomic E-state index is 0.179. The minimum absolute atomic E-state index is 0.179. The van der Waals surface area contributed by atoms with E-state index in [1.807, 2.05) is 36.4 Å². The number of hydrogen-bond donors (Lipinski definition) is 2. The van der Waals surface area contributed by atoms with Crippen molar-refractivity contribution in [2.45, 2.75) is 0 Å². The van der Waals surface area contributed by atoms with Gasteiger partial charge in [-0.1, -0.05) is 30.3 Å². The molecule has 0 atom stereocenters. The highest BCUT2D eigenvalue weighted by molar-refractivity contribution is 5.93. The second-order valence-corrected chi connectivity index (χ2v) is 4.67. The Labute approximate surface area is 119 Å². The van der Waals surface area contributed by atoms with Crippen LogP contribution in [0.25, 0.3) is 33.7 Å². The lowest BCUT2D eigenvalue weighted by molar-refractivity contribution is 0.483. The average Bonchev–Trinajstić information content (AvgIpc) is 3.19. The molecule has 0 aliphatic carbocycles. The molecular formula is C16H11N3O2. The lowest BCUT2D eigenvalue weighted by Crippen LogP contribution is -1.84. The third-order valence-electron chi connectivity index (χ3n) is 3.38. The maximum absolute atomic E-state index is 10.4. The fourth-order valence-electron chi connectivity index (χ4n) is 2.34. The standard InChI is InChI=1S/C16H11N3O2/c20-14-11-5-2-1-4-10(11)7-8-12(14)15-17-16(19-18-15)13-6-3-9-21-13/h1-9,20H,(H,17,18,19). The zero-order valence-corrected chi connectivity index (χ0v) is 10.9. The van der Waals surface area contributed by atoms with E-state index in [0.717, 1.165) is 10.8 Å². The first kappa shape index (κ1) is 11.7. The number of nitrogens with one attached hydrogen (secondary N) is 1. The van der Waals surface area contributed by atoms with Crippen LogP contribution >= 0.6 is 0 Å². The molecule has 5 heteroatoms. The molecule has 0 amide bonds. The summed E-state index contributed by atoms with van der Waals surface area (Å²) < 4.78 is 5.27. The van der Waals surface area contributed by atoms with E-state index in [-0.39, 0.29) is 5.75 Å². The molecule has 5 nitrogen and oxygen atoms in total. The van der Waals surface area contributed by atoms with E-state index in [4.69, 9.17) is 4.42 Å². The molecule has 0 radical (unpaired) electrons. The molecule has 0 spiro atoms. The van der Waals surface area contributed by atoms with Gasteiger partial charge in [-0.15, -0.1) is 0 Å². The van der Waals surface area contributed by atoms with Gasteiger partial charge in [0.05, 0.1) is 11.8 Å². The number of aromatic amines is 1. The summed E-state index contributed by atoms with van der Waals surface area (Å²) >= 11 is 0. The Morgan fingerprint density at radius 3 is 2.76 bits per heavy atom. The number of phenolic OH excluding ortho intramolecular Hbond substituents is 1. The number of phenols is 1. The van der Waals surface area contributed by atoms with Gasteiger partial charge >= 0.3 is 0 Å². The number of benzene rings is 2. The number of aromatic hydroxyl groups is 1. The van der Waals surface area contributed by atoms with Crippen LogP contribution in [0, 0.1) is 0 Å². The van der Waals surface area contributed by atoms with Crippen LogP contribution in [0.5, 0.6) is 5.75 Å². The maximum atomic E-state index is 10.4. The van der Waals surface area contributed by atoms with Gasteiger partial charge in [0.15, 0.2) is 17.4 Å². The first-order valence-corrected chi connectivity index (χ1v) is 6.50. The molecule has 4 rings (SSSR count). The van der Waals surface area contributed by atoms with Gasteiger partial charge in [-0.2, -0.15) is 5.10 Å². The van der Waals surface area contributed by atoms with Crippen LogP contribution in [0.15, 0.2) is 59.2 Å². The lowest BCUT2D eigenvalue weighted by atomic mass is 10.1. The highest BCUT2D eigenvalue weighted by atomic mass is 16.3. The van der Waals surface area contributed by atoms with Crippen molar-refractivity contribution in [2.75, 3.05) is 0 Å². The Morgan fingerprint density at radius 2 is 1.90 bits per heavy atom. The van der Waals surface area contributed by atoms with Crippen molar-refractivity contribution in [1.29, 1.82) is 0 Å². The number of H-pyrrole nitrogens is 1. The summed E-state index contributed by atoms with van der Waals surface area (Å²) in [6, 6.07) is 15.0. The number of furan rings is 1. The quantitative estimate of drug-likeness (QED) is 0.587. The molecule has 0 bridgehead atoms. The smallest absolute Gasteiger partial charge is 0.192 e. The van der Waals surface area contributed by atoms with Crippen molar-refractivity contribution in [3.05, 3.63) is 54.8 Å². The number of rotatable bonds is 2. The van der Waals surface area contributed by atoms with E-state index in [2.05, 4.69) is 15.2 Å². The van der Waals surface area contributed by atoms with Crippen LogP contribution < -0.4 is 0 Å². The van der Waals surface area contributed by atoms with Gasteiger partial charge < -0.3 is 9.52 Å². The first-order valence-electron chi connectivity index (χ1n) is 6.50. The second-order valence-electron chi connectivity index (χ2n) is 4.67. The van der Waals surface area contributed by atoms with Gasteiger partial charge in [-0.05, 0) is 23.6 Å².